The van der Waals surface area contributed by atoms with Gasteiger partial charge in [0.25, 0.3) is 5.56 Å². The Hall–Kier alpha value is -2.99. The minimum atomic E-state index is -0.209. The first kappa shape index (κ1) is 20.3. The second kappa shape index (κ2) is 8.79. The fourth-order valence-electron chi connectivity index (χ4n) is 4.28. The van der Waals surface area contributed by atoms with E-state index in [-0.39, 0.29) is 18.0 Å². The molecule has 1 aromatic heterocycles. The summed E-state index contributed by atoms with van der Waals surface area (Å²) < 4.78 is 1.32. The number of nitrogens with zero attached hydrogens (tertiary/aromatic N) is 4. The van der Waals surface area contributed by atoms with Gasteiger partial charge in [0, 0.05) is 31.1 Å². The smallest absolute Gasteiger partial charge is 0.275 e. The molecule has 1 fully saturated rings. The molecule has 6 heteroatoms. The van der Waals surface area contributed by atoms with E-state index in [1.807, 2.05) is 36.1 Å². The number of rotatable bonds is 5. The van der Waals surface area contributed by atoms with Gasteiger partial charge in [-0.15, -0.1) is 0 Å². The highest BCUT2D eigenvalue weighted by Crippen LogP contribution is 2.18. The van der Waals surface area contributed by atoms with Crippen molar-refractivity contribution in [3.05, 3.63) is 76.2 Å². The highest BCUT2D eigenvalue weighted by molar-refractivity contribution is 5.83. The van der Waals surface area contributed by atoms with Crippen molar-refractivity contribution in [3.63, 3.8) is 0 Å². The van der Waals surface area contributed by atoms with Gasteiger partial charge in [0.15, 0.2) is 0 Å². The van der Waals surface area contributed by atoms with Gasteiger partial charge in [-0.3, -0.25) is 14.5 Å². The van der Waals surface area contributed by atoms with E-state index in [0.29, 0.717) is 18.0 Å². The zero-order valence-corrected chi connectivity index (χ0v) is 17.6. The third-order valence-electron chi connectivity index (χ3n) is 5.98. The van der Waals surface area contributed by atoms with Crippen LogP contribution in [0.3, 0.4) is 0 Å². The Morgan fingerprint density at radius 1 is 1.10 bits per heavy atom. The van der Waals surface area contributed by atoms with E-state index in [1.54, 1.807) is 6.07 Å². The Bertz CT molecular complexity index is 1090. The third kappa shape index (κ3) is 4.28. The summed E-state index contributed by atoms with van der Waals surface area (Å²) in [6, 6.07) is 18.1. The number of likely N-dealkylation sites (N-methyl/N-ethyl adjacent to an activating group) is 1. The first-order valence-corrected chi connectivity index (χ1v) is 10.5. The lowest BCUT2D eigenvalue weighted by molar-refractivity contribution is -0.134. The van der Waals surface area contributed by atoms with Gasteiger partial charge in [0.05, 0.1) is 11.1 Å². The number of aryl methyl sites for hydroxylation is 1. The van der Waals surface area contributed by atoms with Gasteiger partial charge in [-0.05, 0) is 38.4 Å². The maximum atomic E-state index is 13.0. The van der Waals surface area contributed by atoms with Crippen LogP contribution in [0.1, 0.15) is 24.1 Å². The third-order valence-corrected chi connectivity index (χ3v) is 5.98. The Balaban J connectivity index is 1.45. The second-order valence-corrected chi connectivity index (χ2v) is 8.13. The molecule has 30 heavy (non-hydrogen) atoms. The van der Waals surface area contributed by atoms with Crippen LogP contribution in [0.2, 0.25) is 0 Å². The average Bonchev–Trinajstić information content (AvgIpc) is 2.78. The van der Waals surface area contributed by atoms with E-state index in [9.17, 15) is 9.59 Å². The number of carbonyl (C=O) groups is 1. The first-order valence-electron chi connectivity index (χ1n) is 10.5. The van der Waals surface area contributed by atoms with E-state index in [4.69, 9.17) is 0 Å². The van der Waals surface area contributed by atoms with E-state index in [1.165, 1.54) is 10.2 Å². The van der Waals surface area contributed by atoms with Crippen molar-refractivity contribution in [1.82, 2.24) is 19.6 Å². The SMILES string of the molecule is Cc1nn(CC(=O)N2CCC[C@@H](N(C)Cc3ccccc3)C2)c(=O)c2ccccc12. The number of hydrogen-bond donors (Lipinski definition) is 0. The molecule has 6 nitrogen and oxygen atoms in total. The predicted octanol–water partition coefficient (Wildman–Crippen LogP) is 2.83. The molecule has 0 spiro atoms. The molecule has 0 bridgehead atoms. The summed E-state index contributed by atoms with van der Waals surface area (Å²) >= 11 is 0. The fourth-order valence-corrected chi connectivity index (χ4v) is 4.28. The molecule has 1 saturated heterocycles. The van der Waals surface area contributed by atoms with Crippen LogP contribution in [-0.4, -0.2) is 51.7 Å². The Morgan fingerprint density at radius 3 is 2.57 bits per heavy atom. The molecule has 0 aliphatic carbocycles. The Labute approximate surface area is 176 Å². The highest BCUT2D eigenvalue weighted by atomic mass is 16.2. The van der Waals surface area contributed by atoms with Crippen LogP contribution in [-0.2, 0) is 17.9 Å². The summed E-state index contributed by atoms with van der Waals surface area (Å²) in [6.07, 6.45) is 2.04. The lowest BCUT2D eigenvalue weighted by Gasteiger charge is -2.37. The van der Waals surface area contributed by atoms with Gasteiger partial charge in [-0.25, -0.2) is 4.68 Å². The number of amides is 1. The Morgan fingerprint density at radius 2 is 1.80 bits per heavy atom. The normalized spacial score (nSPS) is 16.9. The van der Waals surface area contributed by atoms with Gasteiger partial charge in [0.2, 0.25) is 5.91 Å². The minimum absolute atomic E-state index is 0.0143. The maximum absolute atomic E-state index is 13.0. The van der Waals surface area contributed by atoms with Crippen molar-refractivity contribution in [3.8, 4) is 0 Å². The Kier molecular flexibility index (Phi) is 5.95. The van der Waals surface area contributed by atoms with Crippen LogP contribution in [0.5, 0.6) is 0 Å². The number of likely N-dealkylation sites (tertiary alicyclic amines) is 1. The van der Waals surface area contributed by atoms with Crippen LogP contribution >= 0.6 is 0 Å². The van der Waals surface area contributed by atoms with E-state index in [2.05, 4.69) is 41.3 Å². The summed E-state index contributed by atoms with van der Waals surface area (Å²) in [7, 11) is 2.12. The zero-order valence-electron chi connectivity index (χ0n) is 17.6. The van der Waals surface area contributed by atoms with Crippen LogP contribution in [0.25, 0.3) is 10.8 Å². The molecule has 2 heterocycles. The maximum Gasteiger partial charge on any atom is 0.275 e. The average molecular weight is 405 g/mol. The molecule has 0 N–H and O–H groups in total. The van der Waals surface area contributed by atoms with Crippen LogP contribution in [0.15, 0.2) is 59.4 Å². The second-order valence-electron chi connectivity index (χ2n) is 8.13. The highest BCUT2D eigenvalue weighted by Gasteiger charge is 2.27. The number of aromatic nitrogens is 2. The largest absolute Gasteiger partial charge is 0.340 e. The molecule has 3 aromatic rings. The standard InChI is InChI=1S/C24H28N4O2/c1-18-21-12-6-7-13-22(21)24(30)28(25-18)17-23(29)27-14-8-11-20(16-27)26(2)15-19-9-4-3-5-10-19/h3-7,9-10,12-13,20H,8,11,14-17H2,1-2H3/t20-/m1/s1. The van der Waals surface area contributed by atoms with Crippen molar-refractivity contribution >= 4 is 16.7 Å². The van der Waals surface area contributed by atoms with E-state index in [0.717, 1.165) is 37.0 Å². The minimum Gasteiger partial charge on any atom is -0.340 e. The molecule has 0 radical (unpaired) electrons. The first-order chi connectivity index (χ1) is 14.5. The topological polar surface area (TPSA) is 58.4 Å². The molecule has 0 unspecified atom stereocenters. The molecule has 1 atom stereocenters. The summed E-state index contributed by atoms with van der Waals surface area (Å²) in [4.78, 5) is 30.0. The van der Waals surface area contributed by atoms with Crippen molar-refractivity contribution in [2.24, 2.45) is 0 Å². The molecule has 1 aliphatic heterocycles. The van der Waals surface area contributed by atoms with E-state index >= 15 is 0 Å². The van der Waals surface area contributed by atoms with Crippen molar-refractivity contribution < 1.29 is 4.79 Å². The summed E-state index contributed by atoms with van der Waals surface area (Å²) in [5, 5.41) is 5.84. The van der Waals surface area contributed by atoms with Gasteiger partial charge >= 0.3 is 0 Å². The summed E-state index contributed by atoms with van der Waals surface area (Å²) in [6.45, 7) is 4.13. The van der Waals surface area contributed by atoms with Crippen molar-refractivity contribution in [1.29, 1.82) is 0 Å². The monoisotopic (exact) mass is 404 g/mol. The molecule has 156 valence electrons. The fraction of sp³-hybridized carbons (Fsp3) is 0.375. The summed E-state index contributed by atoms with van der Waals surface area (Å²) in [5.74, 6) is -0.0444. The van der Waals surface area contributed by atoms with Crippen LogP contribution < -0.4 is 5.56 Å². The number of piperidine rings is 1. The molecule has 0 saturated carbocycles. The van der Waals surface area contributed by atoms with Crippen LogP contribution in [0.4, 0.5) is 0 Å². The van der Waals surface area contributed by atoms with Crippen LogP contribution in [0, 0.1) is 6.92 Å². The van der Waals surface area contributed by atoms with Crippen molar-refractivity contribution in [2.75, 3.05) is 20.1 Å². The number of carbonyl (C=O) groups excluding carboxylic acids is 1. The van der Waals surface area contributed by atoms with Gasteiger partial charge in [-0.1, -0.05) is 48.5 Å². The predicted molar refractivity (Wildman–Crippen MR) is 118 cm³/mol. The molecular formula is C24H28N4O2. The molecule has 4 rings (SSSR count). The quantitative estimate of drug-likeness (QED) is 0.656. The van der Waals surface area contributed by atoms with Gasteiger partial charge < -0.3 is 4.90 Å². The van der Waals surface area contributed by atoms with Gasteiger partial charge in [0.1, 0.15) is 6.54 Å². The zero-order chi connectivity index (χ0) is 21.1. The summed E-state index contributed by atoms with van der Waals surface area (Å²) in [5.41, 5.74) is 1.82. The molecule has 1 aliphatic rings. The van der Waals surface area contributed by atoms with Gasteiger partial charge in [-0.2, -0.15) is 5.10 Å². The lowest BCUT2D eigenvalue weighted by Crippen LogP contribution is -2.49. The lowest BCUT2D eigenvalue weighted by atomic mass is 10.0. The number of fused-ring (bicyclic) bond motifs is 1. The molecule has 1 amide bonds. The van der Waals surface area contributed by atoms with Crippen molar-refractivity contribution in [2.45, 2.75) is 38.9 Å². The molecular weight excluding hydrogens is 376 g/mol. The van der Waals surface area contributed by atoms with E-state index < -0.39 is 0 Å². The number of benzene rings is 2. The molecule has 2 aromatic carbocycles. The number of hydrogen-bond acceptors (Lipinski definition) is 4.